The smallest absolute Gasteiger partial charge is 0.320 e. The first-order chi connectivity index (χ1) is 3.31. The summed E-state index contributed by atoms with van der Waals surface area (Å²) in [5.74, 6) is -0.405. The molecule has 0 aliphatic heterocycles. The van der Waals surface area contributed by atoms with E-state index in [1.165, 1.54) is 0 Å². The first kappa shape index (κ1) is 10.7. The highest BCUT2D eigenvalue weighted by Gasteiger charge is 1.93. The third kappa shape index (κ3) is 5.72. The Balaban J connectivity index is 0. The standard InChI is InChI=1S/C4H7ClO2.H3N/c1-2-7-4(6)3-5;/h2-3H2,1H3;1H3. The van der Waals surface area contributed by atoms with E-state index >= 15 is 0 Å². The number of carbonyl (C=O) groups excluding carboxylic acids is 1. The van der Waals surface area contributed by atoms with Crippen molar-refractivity contribution in [2.45, 2.75) is 6.92 Å². The van der Waals surface area contributed by atoms with Crippen molar-refractivity contribution in [1.82, 2.24) is 6.15 Å². The number of esters is 1. The van der Waals surface area contributed by atoms with Crippen LogP contribution >= 0.6 is 11.6 Å². The van der Waals surface area contributed by atoms with Gasteiger partial charge in [-0.15, -0.1) is 11.6 Å². The van der Waals surface area contributed by atoms with E-state index in [0.29, 0.717) is 6.61 Å². The molecule has 0 heterocycles. The molecule has 0 amide bonds. The van der Waals surface area contributed by atoms with Crippen molar-refractivity contribution in [3.8, 4) is 0 Å². The number of carbonyl (C=O) groups is 1. The lowest BCUT2D eigenvalue weighted by Crippen LogP contribution is -2.03. The van der Waals surface area contributed by atoms with Crippen LogP contribution in [0.1, 0.15) is 6.92 Å². The maximum Gasteiger partial charge on any atom is 0.320 e. The van der Waals surface area contributed by atoms with Gasteiger partial charge in [0.1, 0.15) is 5.88 Å². The minimum absolute atomic E-state index is 0. The van der Waals surface area contributed by atoms with Gasteiger partial charge in [-0.1, -0.05) is 0 Å². The third-order valence-corrected chi connectivity index (χ3v) is 0.633. The molecule has 0 aromatic carbocycles. The van der Waals surface area contributed by atoms with Crippen LogP contribution < -0.4 is 6.15 Å². The van der Waals surface area contributed by atoms with Gasteiger partial charge in [0, 0.05) is 0 Å². The molecule has 4 heteroatoms. The van der Waals surface area contributed by atoms with Gasteiger partial charge in [-0.25, -0.2) is 0 Å². The zero-order valence-corrected chi connectivity index (χ0v) is 5.57. The zero-order valence-electron chi connectivity index (χ0n) is 4.82. The third-order valence-electron chi connectivity index (χ3n) is 0.414. The van der Waals surface area contributed by atoms with Crippen LogP contribution in [0.2, 0.25) is 0 Å². The summed E-state index contributed by atoms with van der Waals surface area (Å²) in [6.45, 7) is 2.15. The second-order valence-electron chi connectivity index (χ2n) is 0.939. The molecule has 0 fully saturated rings. The molecule has 0 saturated carbocycles. The maximum absolute atomic E-state index is 10.1. The van der Waals surface area contributed by atoms with Gasteiger partial charge in [-0.2, -0.15) is 0 Å². The molecule has 0 spiro atoms. The van der Waals surface area contributed by atoms with E-state index in [0.717, 1.165) is 0 Å². The van der Waals surface area contributed by atoms with E-state index in [4.69, 9.17) is 11.6 Å². The summed E-state index contributed by atoms with van der Waals surface area (Å²) in [5, 5.41) is 0. The molecular weight excluding hydrogens is 130 g/mol. The van der Waals surface area contributed by atoms with E-state index in [-0.39, 0.29) is 18.0 Å². The van der Waals surface area contributed by atoms with Crippen LogP contribution in [-0.2, 0) is 9.53 Å². The Morgan fingerprint density at radius 3 is 2.38 bits per heavy atom. The average Bonchev–Trinajstić information content (AvgIpc) is 1.68. The van der Waals surface area contributed by atoms with Crippen LogP contribution in [0.4, 0.5) is 0 Å². The van der Waals surface area contributed by atoms with Crippen LogP contribution in [0, 0.1) is 0 Å². The summed E-state index contributed by atoms with van der Waals surface area (Å²) in [7, 11) is 0. The van der Waals surface area contributed by atoms with E-state index in [1.807, 2.05) is 0 Å². The second kappa shape index (κ2) is 6.72. The highest BCUT2D eigenvalue weighted by atomic mass is 35.5. The van der Waals surface area contributed by atoms with E-state index < -0.39 is 0 Å². The fourth-order valence-electron chi connectivity index (χ4n) is 0.200. The van der Waals surface area contributed by atoms with Crippen LogP contribution in [0.3, 0.4) is 0 Å². The fraction of sp³-hybridized carbons (Fsp3) is 0.750. The number of hydrogen-bond donors (Lipinski definition) is 1. The number of hydrogen-bond acceptors (Lipinski definition) is 3. The lowest BCUT2D eigenvalue weighted by Gasteiger charge is -1.92. The van der Waals surface area contributed by atoms with Crippen LogP contribution in [0.5, 0.6) is 0 Å². The summed E-state index contributed by atoms with van der Waals surface area (Å²) < 4.78 is 4.42. The quantitative estimate of drug-likeness (QED) is 0.458. The Kier molecular flexibility index (Phi) is 8.95. The summed E-state index contributed by atoms with van der Waals surface area (Å²) in [6.07, 6.45) is 0. The second-order valence-corrected chi connectivity index (χ2v) is 1.21. The minimum Gasteiger partial charge on any atom is -0.465 e. The molecule has 8 heavy (non-hydrogen) atoms. The molecule has 3 nitrogen and oxygen atoms in total. The van der Waals surface area contributed by atoms with Gasteiger partial charge in [0.25, 0.3) is 0 Å². The first-order valence-electron chi connectivity index (χ1n) is 2.02. The molecule has 0 aromatic rings. The molecule has 0 aliphatic rings. The largest absolute Gasteiger partial charge is 0.465 e. The predicted molar refractivity (Wildman–Crippen MR) is 32.4 cm³/mol. The van der Waals surface area contributed by atoms with Crippen molar-refractivity contribution >= 4 is 17.6 Å². The number of ether oxygens (including phenoxy) is 1. The molecule has 0 aliphatic carbocycles. The van der Waals surface area contributed by atoms with Crippen molar-refractivity contribution in [3.63, 3.8) is 0 Å². The number of rotatable bonds is 2. The molecule has 0 saturated heterocycles. The Morgan fingerprint density at radius 2 is 2.25 bits per heavy atom. The molecule has 3 N–H and O–H groups in total. The van der Waals surface area contributed by atoms with Crippen molar-refractivity contribution in [2.24, 2.45) is 0 Å². The number of alkyl halides is 1. The molecule has 0 bridgehead atoms. The Bertz CT molecular complexity index is 67.1. The van der Waals surface area contributed by atoms with Gasteiger partial charge >= 0.3 is 5.97 Å². The highest BCUT2D eigenvalue weighted by Crippen LogP contribution is 1.79. The lowest BCUT2D eigenvalue weighted by atomic mass is 10.8. The normalized spacial score (nSPS) is 7.25. The van der Waals surface area contributed by atoms with Crippen molar-refractivity contribution in [3.05, 3.63) is 0 Å². The molecule has 0 unspecified atom stereocenters. The number of halogens is 1. The van der Waals surface area contributed by atoms with Gasteiger partial charge in [-0.05, 0) is 6.92 Å². The molecule has 0 aromatic heterocycles. The summed E-state index contributed by atoms with van der Waals surface area (Å²) >= 11 is 5.06. The van der Waals surface area contributed by atoms with Crippen molar-refractivity contribution in [2.75, 3.05) is 12.5 Å². The van der Waals surface area contributed by atoms with Crippen molar-refractivity contribution in [1.29, 1.82) is 0 Å². The van der Waals surface area contributed by atoms with Gasteiger partial charge in [-0.3, -0.25) is 4.79 Å². The predicted octanol–water partition coefficient (Wildman–Crippen LogP) is 0.950. The van der Waals surface area contributed by atoms with Gasteiger partial charge in [0.15, 0.2) is 0 Å². The molecule has 0 rings (SSSR count). The van der Waals surface area contributed by atoms with Gasteiger partial charge in [0.2, 0.25) is 0 Å². The zero-order chi connectivity index (χ0) is 5.70. The summed E-state index contributed by atoms with van der Waals surface area (Å²) in [6, 6.07) is 0. The maximum atomic E-state index is 10.1. The monoisotopic (exact) mass is 139 g/mol. The fourth-order valence-corrected chi connectivity index (χ4v) is 0.277. The average molecular weight is 140 g/mol. The van der Waals surface area contributed by atoms with Crippen LogP contribution in [0.15, 0.2) is 0 Å². The molecule has 0 radical (unpaired) electrons. The van der Waals surface area contributed by atoms with E-state index in [1.54, 1.807) is 6.92 Å². The highest BCUT2D eigenvalue weighted by molar-refractivity contribution is 6.26. The first-order valence-corrected chi connectivity index (χ1v) is 2.56. The van der Waals surface area contributed by atoms with E-state index in [2.05, 4.69) is 4.74 Å². The van der Waals surface area contributed by atoms with Crippen molar-refractivity contribution < 1.29 is 9.53 Å². The molecular formula is C4H10ClNO2. The van der Waals surface area contributed by atoms with Crippen LogP contribution in [-0.4, -0.2) is 18.5 Å². The molecule has 0 atom stereocenters. The molecule has 50 valence electrons. The van der Waals surface area contributed by atoms with E-state index in [9.17, 15) is 4.79 Å². The van der Waals surface area contributed by atoms with Crippen LogP contribution in [0.25, 0.3) is 0 Å². The Labute approximate surface area is 53.5 Å². The summed E-state index contributed by atoms with van der Waals surface area (Å²) in [4.78, 5) is 10.1. The topological polar surface area (TPSA) is 61.3 Å². The minimum atomic E-state index is -0.357. The summed E-state index contributed by atoms with van der Waals surface area (Å²) in [5.41, 5.74) is 0. The van der Waals surface area contributed by atoms with Gasteiger partial charge in [0.05, 0.1) is 6.61 Å². The van der Waals surface area contributed by atoms with Gasteiger partial charge < -0.3 is 10.9 Å². The lowest BCUT2D eigenvalue weighted by molar-refractivity contribution is -0.140. The SMILES string of the molecule is CCOC(=O)CCl.N. The Hall–Kier alpha value is -0.280. The Morgan fingerprint density at radius 1 is 1.75 bits per heavy atom.